The molecule has 2 aliphatic heterocycles. The summed E-state index contributed by atoms with van der Waals surface area (Å²) < 4.78 is 0. The summed E-state index contributed by atoms with van der Waals surface area (Å²) in [5.41, 5.74) is 4.82. The molecule has 0 saturated heterocycles. The van der Waals surface area contributed by atoms with Crippen LogP contribution in [0.5, 0.6) is 0 Å². The highest BCUT2D eigenvalue weighted by atomic mass is 16.2. The van der Waals surface area contributed by atoms with Crippen LogP contribution in [0.1, 0.15) is 11.6 Å². The van der Waals surface area contributed by atoms with Crippen LogP contribution in [-0.2, 0) is 4.79 Å². The van der Waals surface area contributed by atoms with Crippen molar-refractivity contribution in [1.29, 1.82) is 0 Å². The molecule has 1 atom stereocenters. The molecule has 5 N–H and O–H groups in total. The lowest BCUT2D eigenvalue weighted by Crippen LogP contribution is -2.23. The van der Waals surface area contributed by atoms with Gasteiger partial charge in [-0.1, -0.05) is 42.5 Å². The standard InChI is InChI=1S/C17H15N3O.H2O/c21-17-15-14(10-18-17)19-12-8-4-5-9-13(12)20-16(15)11-6-2-1-3-7-11;/h1-9,16,19-20H,10H2,(H,18,21);1H2. The molecule has 2 heterocycles. The molecule has 22 heavy (non-hydrogen) atoms. The van der Waals surface area contributed by atoms with Crippen LogP contribution in [0.25, 0.3) is 0 Å². The van der Waals surface area contributed by atoms with Gasteiger partial charge in [-0.25, -0.2) is 0 Å². The average molecular weight is 295 g/mol. The number of hydrogen-bond acceptors (Lipinski definition) is 3. The maximum absolute atomic E-state index is 12.2. The predicted octanol–water partition coefficient (Wildman–Crippen LogP) is 1.82. The van der Waals surface area contributed by atoms with Crippen molar-refractivity contribution < 1.29 is 10.3 Å². The van der Waals surface area contributed by atoms with Crippen molar-refractivity contribution >= 4 is 17.3 Å². The van der Waals surface area contributed by atoms with Crippen molar-refractivity contribution in [2.24, 2.45) is 0 Å². The SMILES string of the molecule is O.O=C1NCC2=C1C(c1ccccc1)Nc1ccccc1N2. The van der Waals surface area contributed by atoms with Crippen molar-refractivity contribution in [2.45, 2.75) is 6.04 Å². The molecule has 0 aliphatic carbocycles. The molecule has 0 aromatic heterocycles. The first-order valence-corrected chi connectivity index (χ1v) is 7.02. The molecule has 0 fully saturated rings. The summed E-state index contributed by atoms with van der Waals surface area (Å²) in [6, 6.07) is 17.9. The smallest absolute Gasteiger partial charge is 0.251 e. The van der Waals surface area contributed by atoms with Gasteiger partial charge in [0.15, 0.2) is 0 Å². The molecule has 4 rings (SSSR count). The Balaban J connectivity index is 0.00000144. The number of anilines is 2. The number of hydrogen-bond donors (Lipinski definition) is 3. The summed E-state index contributed by atoms with van der Waals surface area (Å²) in [7, 11) is 0. The number of amides is 1. The lowest BCUT2D eigenvalue weighted by atomic mass is 9.98. The molecule has 2 aromatic carbocycles. The van der Waals surface area contributed by atoms with Gasteiger partial charge in [0.05, 0.1) is 29.5 Å². The third kappa shape index (κ3) is 2.21. The maximum atomic E-state index is 12.2. The quantitative estimate of drug-likeness (QED) is 0.750. The molecule has 5 nitrogen and oxygen atoms in total. The van der Waals surface area contributed by atoms with Crippen molar-refractivity contribution in [3.8, 4) is 0 Å². The summed E-state index contributed by atoms with van der Waals surface area (Å²) in [5, 5.41) is 9.79. The van der Waals surface area contributed by atoms with E-state index in [1.165, 1.54) is 0 Å². The normalized spacial score (nSPS) is 18.9. The summed E-state index contributed by atoms with van der Waals surface area (Å²) >= 11 is 0. The number of carbonyl (C=O) groups excluding carboxylic acids is 1. The number of rotatable bonds is 1. The highest BCUT2D eigenvalue weighted by Crippen LogP contribution is 2.37. The van der Waals surface area contributed by atoms with Crippen LogP contribution in [0.3, 0.4) is 0 Å². The Morgan fingerprint density at radius 1 is 0.909 bits per heavy atom. The van der Waals surface area contributed by atoms with Gasteiger partial charge >= 0.3 is 0 Å². The zero-order valence-electron chi connectivity index (χ0n) is 11.9. The molecule has 2 aliphatic rings. The monoisotopic (exact) mass is 295 g/mol. The average Bonchev–Trinajstić information content (AvgIpc) is 2.80. The van der Waals surface area contributed by atoms with Crippen LogP contribution >= 0.6 is 0 Å². The topological polar surface area (TPSA) is 84.7 Å². The van der Waals surface area contributed by atoms with Crippen LogP contribution in [0, 0.1) is 0 Å². The Kier molecular flexibility index (Phi) is 3.56. The van der Waals surface area contributed by atoms with Gasteiger partial charge in [-0.3, -0.25) is 4.79 Å². The lowest BCUT2D eigenvalue weighted by molar-refractivity contribution is -0.116. The minimum absolute atomic E-state index is 0. The van der Waals surface area contributed by atoms with E-state index >= 15 is 0 Å². The first kappa shape index (κ1) is 14.2. The molecule has 5 heteroatoms. The summed E-state index contributed by atoms with van der Waals surface area (Å²) in [5.74, 6) is -0.00772. The van der Waals surface area contributed by atoms with Gasteiger partial charge in [-0.05, 0) is 17.7 Å². The van der Waals surface area contributed by atoms with Gasteiger partial charge in [0.25, 0.3) is 5.91 Å². The molecule has 0 saturated carbocycles. The number of nitrogens with one attached hydrogen (secondary N) is 3. The van der Waals surface area contributed by atoms with Crippen molar-refractivity contribution in [1.82, 2.24) is 5.32 Å². The fraction of sp³-hybridized carbons (Fsp3) is 0.118. The van der Waals surface area contributed by atoms with Crippen LogP contribution < -0.4 is 16.0 Å². The van der Waals surface area contributed by atoms with E-state index in [1.807, 2.05) is 54.6 Å². The van der Waals surface area contributed by atoms with Gasteiger partial charge in [0, 0.05) is 5.70 Å². The molecule has 0 radical (unpaired) electrons. The second-order valence-corrected chi connectivity index (χ2v) is 5.23. The Hall–Kier alpha value is -2.79. The highest BCUT2D eigenvalue weighted by Gasteiger charge is 2.33. The number of benzene rings is 2. The largest absolute Gasteiger partial charge is 0.412 e. The van der Waals surface area contributed by atoms with Crippen LogP contribution in [-0.4, -0.2) is 17.9 Å². The second-order valence-electron chi connectivity index (χ2n) is 5.23. The minimum Gasteiger partial charge on any atom is -0.412 e. The Bertz CT molecular complexity index is 741. The molecular weight excluding hydrogens is 278 g/mol. The zero-order valence-corrected chi connectivity index (χ0v) is 11.9. The summed E-state index contributed by atoms with van der Waals surface area (Å²) in [4.78, 5) is 12.2. The molecule has 0 bridgehead atoms. The third-order valence-corrected chi connectivity index (χ3v) is 3.93. The molecule has 2 aromatic rings. The molecule has 1 unspecified atom stereocenters. The molecular formula is C17H17N3O2. The van der Waals surface area contributed by atoms with E-state index in [2.05, 4.69) is 16.0 Å². The van der Waals surface area contributed by atoms with E-state index in [0.29, 0.717) is 6.54 Å². The lowest BCUT2D eigenvalue weighted by Gasteiger charge is -2.20. The number of para-hydroxylation sites is 2. The first-order chi connectivity index (χ1) is 10.3. The van der Waals surface area contributed by atoms with Crippen molar-refractivity contribution in [2.75, 3.05) is 17.2 Å². The van der Waals surface area contributed by atoms with E-state index in [4.69, 9.17) is 0 Å². The van der Waals surface area contributed by atoms with Crippen LogP contribution in [0.15, 0.2) is 65.9 Å². The van der Waals surface area contributed by atoms with E-state index in [0.717, 1.165) is 28.2 Å². The van der Waals surface area contributed by atoms with Gasteiger partial charge in [0.1, 0.15) is 0 Å². The van der Waals surface area contributed by atoms with Gasteiger partial charge in [-0.2, -0.15) is 0 Å². The third-order valence-electron chi connectivity index (χ3n) is 3.93. The molecule has 0 spiro atoms. The Morgan fingerprint density at radius 3 is 2.36 bits per heavy atom. The van der Waals surface area contributed by atoms with Crippen molar-refractivity contribution in [3.63, 3.8) is 0 Å². The van der Waals surface area contributed by atoms with Gasteiger partial charge < -0.3 is 21.4 Å². The van der Waals surface area contributed by atoms with Crippen molar-refractivity contribution in [3.05, 3.63) is 71.4 Å². The Morgan fingerprint density at radius 2 is 1.59 bits per heavy atom. The van der Waals surface area contributed by atoms with Gasteiger partial charge in [-0.15, -0.1) is 0 Å². The molecule has 112 valence electrons. The highest BCUT2D eigenvalue weighted by molar-refractivity contribution is 6.00. The summed E-state index contributed by atoms with van der Waals surface area (Å²) in [6.07, 6.45) is 0. The van der Waals surface area contributed by atoms with E-state index in [1.54, 1.807) is 0 Å². The number of carbonyl (C=O) groups is 1. The fourth-order valence-corrected chi connectivity index (χ4v) is 2.92. The minimum atomic E-state index is -0.139. The predicted molar refractivity (Wildman–Crippen MR) is 86.5 cm³/mol. The van der Waals surface area contributed by atoms with E-state index in [-0.39, 0.29) is 17.4 Å². The molecule has 1 amide bonds. The maximum Gasteiger partial charge on any atom is 0.251 e. The first-order valence-electron chi connectivity index (χ1n) is 7.02. The van der Waals surface area contributed by atoms with Crippen LogP contribution in [0.4, 0.5) is 11.4 Å². The van der Waals surface area contributed by atoms with E-state index < -0.39 is 0 Å². The Labute approximate surface area is 128 Å². The fourth-order valence-electron chi connectivity index (χ4n) is 2.92. The van der Waals surface area contributed by atoms with Gasteiger partial charge in [0.2, 0.25) is 0 Å². The summed E-state index contributed by atoms with van der Waals surface area (Å²) in [6.45, 7) is 0.549. The van der Waals surface area contributed by atoms with Crippen LogP contribution in [0.2, 0.25) is 0 Å². The zero-order chi connectivity index (χ0) is 14.2. The van der Waals surface area contributed by atoms with E-state index in [9.17, 15) is 4.79 Å². The number of fused-ring (bicyclic) bond motifs is 1. The second kappa shape index (κ2) is 5.54.